The van der Waals surface area contributed by atoms with Gasteiger partial charge in [0.2, 0.25) is 9.84 Å². The second-order valence-corrected chi connectivity index (χ2v) is 6.75. The van der Waals surface area contributed by atoms with E-state index in [1.807, 2.05) is 0 Å². The van der Waals surface area contributed by atoms with Gasteiger partial charge in [0.1, 0.15) is 10.6 Å². The van der Waals surface area contributed by atoms with E-state index in [1.54, 1.807) is 0 Å². The zero-order valence-corrected chi connectivity index (χ0v) is 13.1. The van der Waals surface area contributed by atoms with E-state index in [4.69, 9.17) is 0 Å². The highest BCUT2D eigenvalue weighted by atomic mass is 32.2. The van der Waals surface area contributed by atoms with Crippen molar-refractivity contribution in [3.05, 3.63) is 51.3 Å². The van der Waals surface area contributed by atoms with Crippen LogP contribution in [0.25, 0.3) is 0 Å². The Morgan fingerprint density at radius 1 is 1.39 bits per heavy atom. The van der Waals surface area contributed by atoms with E-state index in [0.717, 1.165) is 10.7 Å². The third-order valence-corrected chi connectivity index (χ3v) is 5.04. The first-order chi connectivity index (χ1) is 10.6. The van der Waals surface area contributed by atoms with Crippen LogP contribution in [0.1, 0.15) is 21.5 Å². The van der Waals surface area contributed by atoms with Crippen LogP contribution < -0.4 is 0 Å². The predicted molar refractivity (Wildman–Crippen MR) is 78.6 cm³/mol. The van der Waals surface area contributed by atoms with Gasteiger partial charge in [0.15, 0.2) is 0 Å². The maximum absolute atomic E-state index is 12.3. The summed E-state index contributed by atoms with van der Waals surface area (Å²) in [5.41, 5.74) is 0.441. The summed E-state index contributed by atoms with van der Waals surface area (Å²) in [6, 6.07) is 2.52. The third-order valence-electron chi connectivity index (χ3n) is 3.35. The number of rotatable bonds is 4. The van der Waals surface area contributed by atoms with Gasteiger partial charge >= 0.3 is 5.88 Å². The molecule has 1 N–H and O–H groups in total. The summed E-state index contributed by atoms with van der Waals surface area (Å²) in [7, 11) is -4.32. The second kappa shape index (κ2) is 5.80. The molecule has 10 heteroatoms. The van der Waals surface area contributed by atoms with E-state index < -0.39 is 37.2 Å². The summed E-state index contributed by atoms with van der Waals surface area (Å²) in [5.74, 6) is -2.60. The van der Waals surface area contributed by atoms with Crippen LogP contribution in [-0.2, 0) is 9.84 Å². The van der Waals surface area contributed by atoms with Crippen molar-refractivity contribution in [1.82, 2.24) is 9.78 Å². The number of hydrogen-bond donors (Lipinski definition) is 1. The zero-order valence-electron chi connectivity index (χ0n) is 12.3. The Bertz CT molecular complexity index is 887. The van der Waals surface area contributed by atoms with Gasteiger partial charge in [-0.05, 0) is 37.1 Å². The number of aromatic hydroxyl groups is 1. The monoisotopic (exact) mass is 339 g/mol. The number of sulfone groups is 1. The maximum atomic E-state index is 12.3. The van der Waals surface area contributed by atoms with Crippen LogP contribution in [0.3, 0.4) is 0 Å². The van der Waals surface area contributed by atoms with Crippen molar-refractivity contribution in [1.29, 1.82) is 0 Å². The minimum Gasteiger partial charge on any atom is -0.507 e. The molecular formula is C13H13N3O6S. The lowest BCUT2D eigenvalue weighted by atomic mass is 10.0. The van der Waals surface area contributed by atoms with Gasteiger partial charge in [0.05, 0.1) is 0 Å². The highest BCUT2D eigenvalue weighted by Crippen LogP contribution is 2.32. The van der Waals surface area contributed by atoms with Crippen molar-refractivity contribution < 1.29 is 23.2 Å². The first-order valence-electron chi connectivity index (χ1n) is 6.37. The molecule has 0 radical (unpaired) electrons. The van der Waals surface area contributed by atoms with Crippen LogP contribution in [0.5, 0.6) is 5.75 Å². The molecule has 1 heterocycles. The molecule has 0 fully saturated rings. The topological polar surface area (TPSA) is 132 Å². The Hall–Kier alpha value is -2.75. The lowest BCUT2D eigenvalue weighted by Crippen LogP contribution is -2.19. The fourth-order valence-corrected chi connectivity index (χ4v) is 3.61. The van der Waals surface area contributed by atoms with Crippen molar-refractivity contribution in [2.24, 2.45) is 0 Å². The highest BCUT2D eigenvalue weighted by molar-refractivity contribution is 7.91. The number of carbonyl (C=O) groups is 1. The maximum Gasteiger partial charge on any atom is 0.306 e. The van der Waals surface area contributed by atoms with E-state index in [1.165, 1.54) is 32.3 Å². The van der Waals surface area contributed by atoms with E-state index >= 15 is 0 Å². The van der Waals surface area contributed by atoms with E-state index in [-0.39, 0.29) is 11.1 Å². The molecule has 1 aromatic carbocycles. The van der Waals surface area contributed by atoms with Crippen molar-refractivity contribution >= 4 is 15.7 Å². The molecule has 0 bridgehead atoms. The lowest BCUT2D eigenvalue weighted by Gasteiger charge is -2.14. The molecule has 9 nitrogen and oxygen atoms in total. The molecule has 0 aliphatic carbocycles. The number of aromatic nitrogens is 2. The standard InChI is InChI=1S/C13H13N3O6S/c1-8-9(2)12(23(21,22)7-16(19)20)11(17)6-10(8)13(18)15-5-3-4-14-15/h3-6,17H,7H2,1-2H3. The van der Waals surface area contributed by atoms with Crippen LogP contribution in [-0.4, -0.2) is 40.0 Å². The minimum atomic E-state index is -4.32. The summed E-state index contributed by atoms with van der Waals surface area (Å²) in [4.78, 5) is 21.3. The molecule has 23 heavy (non-hydrogen) atoms. The second-order valence-electron chi connectivity index (χ2n) is 4.85. The number of phenols is 1. The summed E-state index contributed by atoms with van der Waals surface area (Å²) in [6.45, 7) is 2.87. The average Bonchev–Trinajstić information content (AvgIpc) is 2.94. The van der Waals surface area contributed by atoms with Crippen LogP contribution >= 0.6 is 0 Å². The lowest BCUT2D eigenvalue weighted by molar-refractivity contribution is -0.458. The first kappa shape index (κ1) is 16.6. The van der Waals surface area contributed by atoms with Gasteiger partial charge in [-0.2, -0.15) is 5.10 Å². The Morgan fingerprint density at radius 3 is 2.57 bits per heavy atom. The summed E-state index contributed by atoms with van der Waals surface area (Å²) in [6.07, 6.45) is 2.81. The molecule has 1 aromatic heterocycles. The van der Waals surface area contributed by atoms with Crippen molar-refractivity contribution in [2.75, 3.05) is 5.88 Å². The van der Waals surface area contributed by atoms with Gasteiger partial charge in [-0.1, -0.05) is 0 Å². The highest BCUT2D eigenvalue weighted by Gasteiger charge is 2.30. The minimum absolute atomic E-state index is 0.0590. The average molecular weight is 339 g/mol. The molecule has 0 unspecified atom stereocenters. The van der Waals surface area contributed by atoms with Crippen molar-refractivity contribution in [2.45, 2.75) is 18.7 Å². The molecule has 0 saturated carbocycles. The molecule has 0 aliphatic rings. The van der Waals surface area contributed by atoms with E-state index in [9.17, 15) is 28.4 Å². The number of nitro groups is 1. The van der Waals surface area contributed by atoms with Gasteiger partial charge in [0, 0.05) is 22.9 Å². The Balaban J connectivity index is 2.62. The van der Waals surface area contributed by atoms with Crippen LogP contribution in [0.15, 0.2) is 29.4 Å². The number of carbonyl (C=O) groups excluding carboxylic acids is 1. The molecule has 0 atom stereocenters. The van der Waals surface area contributed by atoms with E-state index in [2.05, 4.69) is 5.10 Å². The molecule has 0 saturated heterocycles. The summed E-state index contributed by atoms with van der Waals surface area (Å²) < 4.78 is 25.1. The van der Waals surface area contributed by atoms with Crippen LogP contribution in [0, 0.1) is 24.0 Å². The Morgan fingerprint density at radius 2 is 2.04 bits per heavy atom. The molecular weight excluding hydrogens is 326 g/mol. The van der Waals surface area contributed by atoms with Gasteiger partial charge in [-0.25, -0.2) is 13.1 Å². The van der Waals surface area contributed by atoms with Gasteiger partial charge < -0.3 is 5.11 Å². The quantitative estimate of drug-likeness (QED) is 0.646. The van der Waals surface area contributed by atoms with Gasteiger partial charge in [0.25, 0.3) is 5.91 Å². The SMILES string of the molecule is Cc1c(C(=O)n2cccn2)cc(O)c(S(=O)(=O)C[N+](=O)[O-])c1C. The Labute approximate surface area is 131 Å². The molecule has 122 valence electrons. The zero-order chi connectivity index (χ0) is 17.4. The molecule has 0 amide bonds. The molecule has 0 spiro atoms. The number of nitrogens with zero attached hydrogens (tertiary/aromatic N) is 3. The number of hydrogen-bond acceptors (Lipinski definition) is 7. The molecule has 2 rings (SSSR count). The third kappa shape index (κ3) is 3.06. The first-order valence-corrected chi connectivity index (χ1v) is 8.02. The fraction of sp³-hybridized carbons (Fsp3) is 0.231. The van der Waals surface area contributed by atoms with E-state index in [0.29, 0.717) is 5.56 Å². The summed E-state index contributed by atoms with van der Waals surface area (Å²) >= 11 is 0. The Kier molecular flexibility index (Phi) is 4.19. The molecule has 0 aliphatic heterocycles. The van der Waals surface area contributed by atoms with Crippen LogP contribution in [0.2, 0.25) is 0 Å². The largest absolute Gasteiger partial charge is 0.507 e. The summed E-state index contributed by atoms with van der Waals surface area (Å²) in [5, 5.41) is 24.3. The molecule has 2 aromatic rings. The number of benzene rings is 1. The van der Waals surface area contributed by atoms with Crippen molar-refractivity contribution in [3.63, 3.8) is 0 Å². The predicted octanol–water partition coefficient (Wildman–Crippen LogP) is 0.902. The van der Waals surface area contributed by atoms with Crippen LogP contribution in [0.4, 0.5) is 0 Å². The van der Waals surface area contributed by atoms with Gasteiger partial charge in [-0.15, -0.1) is 0 Å². The van der Waals surface area contributed by atoms with Gasteiger partial charge in [-0.3, -0.25) is 14.9 Å². The number of phenolic OH excluding ortho intramolecular Hbond substituents is 1. The smallest absolute Gasteiger partial charge is 0.306 e. The fourth-order valence-electron chi connectivity index (χ4n) is 2.21. The van der Waals surface area contributed by atoms with Crippen molar-refractivity contribution in [3.8, 4) is 5.75 Å². The normalized spacial score (nSPS) is 11.4.